The Kier molecular flexibility index (Phi) is 6.49. The lowest BCUT2D eigenvalue weighted by Crippen LogP contribution is -2.32. The molecule has 0 amide bonds. The summed E-state index contributed by atoms with van der Waals surface area (Å²) in [6.45, 7) is 0. The number of carboxylic acids is 1. The molecule has 5 rings (SSSR count). The van der Waals surface area contributed by atoms with Crippen LogP contribution in [0.25, 0.3) is 22.3 Å². The largest absolute Gasteiger partial charge is 0.508 e. The number of benzene rings is 2. The van der Waals surface area contributed by atoms with Gasteiger partial charge in [-0.15, -0.1) is 0 Å². The highest BCUT2D eigenvalue weighted by molar-refractivity contribution is 7.98. The third-order valence-electron chi connectivity index (χ3n) is 5.99. The second kappa shape index (κ2) is 9.74. The molecular weight excluding hydrogens is 486 g/mol. The minimum Gasteiger partial charge on any atom is -0.508 e. The molecule has 12 heteroatoms. The maximum absolute atomic E-state index is 11.7. The number of aromatic hydroxyl groups is 1. The molecule has 1 aliphatic heterocycles. The van der Waals surface area contributed by atoms with Crippen LogP contribution in [0, 0.1) is 0 Å². The summed E-state index contributed by atoms with van der Waals surface area (Å²) < 4.78 is 7.49. The molecule has 0 spiro atoms. The molecule has 36 heavy (non-hydrogen) atoms. The average Bonchev–Trinajstić information content (AvgIpc) is 3.41. The Labute approximate surface area is 209 Å². The zero-order valence-corrected chi connectivity index (χ0v) is 19.6. The summed E-state index contributed by atoms with van der Waals surface area (Å²) in [5.74, 6) is 0.0921. The van der Waals surface area contributed by atoms with E-state index in [9.17, 15) is 25.2 Å². The molecule has 1 aliphatic rings. The van der Waals surface area contributed by atoms with Gasteiger partial charge in [-0.05, 0) is 41.0 Å². The number of carboxylic acid groups (broad SMARTS) is 1. The Hall–Kier alpha value is -3.71. The number of aliphatic hydroxyl groups is 2. The van der Waals surface area contributed by atoms with Crippen LogP contribution < -0.4 is 5.73 Å². The van der Waals surface area contributed by atoms with Crippen LogP contribution in [0.1, 0.15) is 22.1 Å². The standard InChI is InChI=1S/C24H23N5O6S/c25-21-18-22(27-10-26-21)29(11-28-18)23-20(32)19(31)17(35-23)9-36-8-12-5-14(7-15(6-12)24(33)34)13-1-3-16(30)4-2-13/h1-7,10-11,17,19-20,23,30-32H,8-9H2,(H,33,34)(H2,25,26,27). The molecule has 1 fully saturated rings. The average molecular weight is 510 g/mol. The topological polar surface area (TPSA) is 177 Å². The van der Waals surface area contributed by atoms with E-state index in [1.807, 2.05) is 6.07 Å². The van der Waals surface area contributed by atoms with Gasteiger partial charge >= 0.3 is 5.97 Å². The van der Waals surface area contributed by atoms with Crippen molar-refractivity contribution >= 4 is 34.7 Å². The lowest BCUT2D eigenvalue weighted by molar-refractivity contribution is -0.0289. The molecular formula is C24H23N5O6S. The van der Waals surface area contributed by atoms with Crippen LogP contribution in [0.5, 0.6) is 5.75 Å². The number of phenolic OH excluding ortho intramolecular Hbond substituents is 1. The summed E-state index contributed by atoms with van der Waals surface area (Å²) in [5, 5.41) is 40.3. The fourth-order valence-corrected chi connectivity index (χ4v) is 5.19. The van der Waals surface area contributed by atoms with Crippen LogP contribution >= 0.6 is 11.8 Å². The molecule has 1 saturated heterocycles. The van der Waals surface area contributed by atoms with Crippen LogP contribution in [0.2, 0.25) is 0 Å². The number of fused-ring (bicyclic) bond motifs is 1. The molecule has 186 valence electrons. The Morgan fingerprint density at radius 3 is 2.58 bits per heavy atom. The maximum Gasteiger partial charge on any atom is 0.335 e. The zero-order chi connectivity index (χ0) is 25.4. The van der Waals surface area contributed by atoms with E-state index in [1.165, 1.54) is 29.0 Å². The quantitative estimate of drug-likeness (QED) is 0.246. The van der Waals surface area contributed by atoms with Gasteiger partial charge in [-0.3, -0.25) is 4.57 Å². The first-order valence-corrected chi connectivity index (χ1v) is 12.2. The second-order valence-electron chi connectivity index (χ2n) is 8.42. The van der Waals surface area contributed by atoms with Gasteiger partial charge in [0.2, 0.25) is 0 Å². The van der Waals surface area contributed by atoms with Crippen molar-refractivity contribution in [1.82, 2.24) is 19.5 Å². The number of phenols is 1. The highest BCUT2D eigenvalue weighted by Crippen LogP contribution is 2.34. The van der Waals surface area contributed by atoms with Gasteiger partial charge in [-0.2, -0.15) is 11.8 Å². The summed E-state index contributed by atoms with van der Waals surface area (Å²) in [6, 6.07) is 11.6. The number of hydrogen-bond acceptors (Lipinski definition) is 10. The van der Waals surface area contributed by atoms with E-state index in [4.69, 9.17) is 10.5 Å². The third-order valence-corrected chi connectivity index (χ3v) is 7.09. The van der Waals surface area contributed by atoms with E-state index in [0.717, 1.165) is 11.1 Å². The molecule has 2 aromatic heterocycles. The van der Waals surface area contributed by atoms with Crippen LogP contribution in [0.15, 0.2) is 55.1 Å². The number of nitrogens with zero attached hydrogens (tertiary/aromatic N) is 4. The van der Waals surface area contributed by atoms with Gasteiger partial charge in [-0.25, -0.2) is 19.7 Å². The zero-order valence-electron chi connectivity index (χ0n) is 18.8. The molecule has 4 unspecified atom stereocenters. The van der Waals surface area contributed by atoms with Crippen molar-refractivity contribution < 1.29 is 30.0 Å². The van der Waals surface area contributed by atoms with Crippen molar-refractivity contribution in [3.05, 3.63) is 66.2 Å². The molecule has 0 aliphatic carbocycles. The number of rotatable bonds is 7. The molecule has 4 atom stereocenters. The van der Waals surface area contributed by atoms with Crippen molar-refractivity contribution in [2.75, 3.05) is 11.5 Å². The minimum absolute atomic E-state index is 0.124. The predicted octanol–water partition coefficient (Wildman–Crippen LogP) is 2.03. The van der Waals surface area contributed by atoms with Crippen molar-refractivity contribution in [2.24, 2.45) is 0 Å². The Bertz CT molecular complexity index is 1410. The summed E-state index contributed by atoms with van der Waals surface area (Å²) in [7, 11) is 0. The van der Waals surface area contributed by atoms with Gasteiger partial charge < -0.3 is 30.9 Å². The minimum atomic E-state index is -1.21. The van der Waals surface area contributed by atoms with Crippen LogP contribution in [0.3, 0.4) is 0 Å². The summed E-state index contributed by atoms with van der Waals surface area (Å²) in [5.41, 5.74) is 9.02. The number of nitrogens with two attached hydrogens (primary N) is 1. The van der Waals surface area contributed by atoms with E-state index in [1.54, 1.807) is 36.4 Å². The van der Waals surface area contributed by atoms with Gasteiger partial charge in [0.15, 0.2) is 17.7 Å². The second-order valence-corrected chi connectivity index (χ2v) is 9.45. The highest BCUT2D eigenvalue weighted by Gasteiger charge is 2.44. The van der Waals surface area contributed by atoms with E-state index in [-0.39, 0.29) is 17.1 Å². The van der Waals surface area contributed by atoms with Gasteiger partial charge in [0.1, 0.15) is 29.8 Å². The number of hydrogen-bond donors (Lipinski definition) is 5. The fraction of sp³-hybridized carbons (Fsp3) is 0.250. The first kappa shape index (κ1) is 24.0. The van der Waals surface area contributed by atoms with Gasteiger partial charge in [0, 0.05) is 11.5 Å². The number of thioether (sulfide) groups is 1. The summed E-state index contributed by atoms with van der Waals surface area (Å²) >= 11 is 1.44. The van der Waals surface area contributed by atoms with Crippen LogP contribution in [-0.2, 0) is 10.5 Å². The first-order chi connectivity index (χ1) is 17.3. The normalized spacial score (nSPS) is 21.7. The number of aliphatic hydroxyl groups excluding tert-OH is 2. The summed E-state index contributed by atoms with van der Waals surface area (Å²) in [4.78, 5) is 23.9. The van der Waals surface area contributed by atoms with Crippen LogP contribution in [0.4, 0.5) is 5.82 Å². The van der Waals surface area contributed by atoms with E-state index in [2.05, 4.69) is 15.0 Å². The number of aromatic carboxylic acids is 1. The van der Waals surface area contributed by atoms with Gasteiger partial charge in [0.25, 0.3) is 0 Å². The number of ether oxygens (including phenoxy) is 1. The number of aromatic nitrogens is 4. The van der Waals surface area contributed by atoms with E-state index in [0.29, 0.717) is 28.2 Å². The Morgan fingerprint density at radius 1 is 1.06 bits per heavy atom. The Balaban J connectivity index is 1.29. The number of imidazole rings is 1. The van der Waals surface area contributed by atoms with Crippen molar-refractivity contribution in [3.8, 4) is 16.9 Å². The monoisotopic (exact) mass is 509 g/mol. The lowest BCUT2D eigenvalue weighted by Gasteiger charge is -2.16. The Morgan fingerprint density at radius 2 is 1.83 bits per heavy atom. The molecule has 2 aromatic carbocycles. The highest BCUT2D eigenvalue weighted by atomic mass is 32.2. The molecule has 6 N–H and O–H groups in total. The predicted molar refractivity (Wildman–Crippen MR) is 132 cm³/mol. The van der Waals surface area contributed by atoms with Gasteiger partial charge in [-0.1, -0.05) is 18.2 Å². The molecule has 11 nitrogen and oxygen atoms in total. The molecule has 0 radical (unpaired) electrons. The number of anilines is 1. The number of carbonyl (C=O) groups is 1. The molecule has 3 heterocycles. The van der Waals surface area contributed by atoms with Gasteiger partial charge in [0.05, 0.1) is 18.0 Å². The van der Waals surface area contributed by atoms with Crippen molar-refractivity contribution in [1.29, 1.82) is 0 Å². The molecule has 0 bridgehead atoms. The van der Waals surface area contributed by atoms with Crippen molar-refractivity contribution in [3.63, 3.8) is 0 Å². The van der Waals surface area contributed by atoms with E-state index >= 15 is 0 Å². The number of nitrogen functional groups attached to an aromatic ring is 1. The van der Waals surface area contributed by atoms with E-state index < -0.39 is 30.5 Å². The summed E-state index contributed by atoms with van der Waals surface area (Å²) in [6.07, 6.45) is -1.20. The van der Waals surface area contributed by atoms with Crippen molar-refractivity contribution in [2.45, 2.75) is 30.3 Å². The molecule has 4 aromatic rings. The lowest BCUT2D eigenvalue weighted by atomic mass is 10.0. The SMILES string of the molecule is Nc1ncnc2c1ncn2C1OC(CSCc2cc(C(=O)O)cc(-c3ccc(O)cc3)c2)C(O)C1O. The third kappa shape index (κ3) is 4.58. The molecule has 0 saturated carbocycles. The maximum atomic E-state index is 11.7. The van der Waals surface area contributed by atoms with Crippen LogP contribution in [-0.4, -0.2) is 70.0 Å². The smallest absolute Gasteiger partial charge is 0.335 e. The first-order valence-electron chi connectivity index (χ1n) is 11.0. The fourth-order valence-electron chi connectivity index (χ4n) is 4.17.